The summed E-state index contributed by atoms with van der Waals surface area (Å²) < 4.78 is 22.9. The van der Waals surface area contributed by atoms with Gasteiger partial charge < -0.3 is 5.32 Å². The molecule has 2 amide bonds. The third-order valence-electron chi connectivity index (χ3n) is 4.50. The Morgan fingerprint density at radius 2 is 1.93 bits per heavy atom. The molecule has 0 spiro atoms. The molecule has 0 aliphatic carbocycles. The van der Waals surface area contributed by atoms with Crippen molar-refractivity contribution in [3.63, 3.8) is 0 Å². The van der Waals surface area contributed by atoms with Crippen LogP contribution in [0.15, 0.2) is 35.3 Å². The van der Waals surface area contributed by atoms with E-state index in [1.165, 1.54) is 5.01 Å². The van der Waals surface area contributed by atoms with Gasteiger partial charge in [0.1, 0.15) is 6.04 Å². The van der Waals surface area contributed by atoms with E-state index in [2.05, 4.69) is 15.7 Å². The van der Waals surface area contributed by atoms with E-state index in [4.69, 9.17) is 0 Å². The van der Waals surface area contributed by atoms with Crippen molar-refractivity contribution in [3.05, 3.63) is 30.3 Å². The number of benzene rings is 1. The largest absolute Gasteiger partial charge is 0.348 e. The quantitative estimate of drug-likeness (QED) is 0.676. The van der Waals surface area contributed by atoms with Gasteiger partial charge in [0.2, 0.25) is 5.84 Å². The second kappa shape index (κ2) is 8.05. The molecule has 1 saturated heterocycles. The number of rotatable bonds is 5. The molecule has 1 atom stereocenters. The minimum atomic E-state index is -2.91. The molecule has 0 radical (unpaired) electrons. The molecule has 146 valence electrons. The number of para-hydroxylation sites is 1. The maximum Gasteiger partial charge on any atom is 0.288 e. The fourth-order valence-electron chi connectivity index (χ4n) is 2.89. The van der Waals surface area contributed by atoms with E-state index in [0.29, 0.717) is 31.9 Å². The molecule has 0 bridgehead atoms. The number of nitrogens with one attached hydrogen (secondary N) is 2. The standard InChI is InChI=1S/C17H23N5O4S/c1-13-17(24)22(14-5-3-2-4-6-14)20-15(19-13)16(23)18-7-8-21-9-11-27(25,26)12-10-21/h2-6,13H,7-12H2,1H3,(H,18,23)(H,19,20). The van der Waals surface area contributed by atoms with E-state index < -0.39 is 21.8 Å². The number of carbonyl (C=O) groups excluding carboxylic acids is 2. The number of carbonyl (C=O) groups is 2. The Hall–Kier alpha value is -2.46. The Morgan fingerprint density at radius 1 is 1.26 bits per heavy atom. The van der Waals surface area contributed by atoms with Gasteiger partial charge in [0.05, 0.1) is 17.2 Å². The van der Waals surface area contributed by atoms with Crippen LogP contribution >= 0.6 is 0 Å². The van der Waals surface area contributed by atoms with Crippen LogP contribution < -0.4 is 15.8 Å². The van der Waals surface area contributed by atoms with Crippen LogP contribution in [0.25, 0.3) is 0 Å². The highest BCUT2D eigenvalue weighted by molar-refractivity contribution is 7.91. The lowest BCUT2D eigenvalue weighted by molar-refractivity contribution is -0.120. The third-order valence-corrected chi connectivity index (χ3v) is 6.11. The first kappa shape index (κ1) is 19.3. The molecule has 2 aliphatic heterocycles. The molecule has 0 saturated carbocycles. The Bertz CT molecular complexity index is 826. The van der Waals surface area contributed by atoms with Crippen LogP contribution in [0.4, 0.5) is 5.69 Å². The lowest BCUT2D eigenvalue weighted by Crippen LogP contribution is -2.58. The number of hydrogen-bond donors (Lipinski definition) is 2. The summed E-state index contributed by atoms with van der Waals surface area (Å²) in [5.41, 5.74) is 3.41. The van der Waals surface area contributed by atoms with E-state index in [-0.39, 0.29) is 23.2 Å². The van der Waals surface area contributed by atoms with Crippen molar-refractivity contribution in [2.75, 3.05) is 42.7 Å². The summed E-state index contributed by atoms with van der Waals surface area (Å²) in [6.07, 6.45) is 0. The summed E-state index contributed by atoms with van der Waals surface area (Å²) >= 11 is 0. The van der Waals surface area contributed by atoms with E-state index in [1.54, 1.807) is 31.2 Å². The molecule has 27 heavy (non-hydrogen) atoms. The van der Waals surface area contributed by atoms with Gasteiger partial charge in [0.15, 0.2) is 9.84 Å². The molecular formula is C17H23N5O4S. The Kier molecular flexibility index (Phi) is 5.76. The van der Waals surface area contributed by atoms with Crippen LogP contribution in [-0.2, 0) is 19.4 Å². The predicted molar refractivity (Wildman–Crippen MR) is 102 cm³/mol. The van der Waals surface area contributed by atoms with E-state index in [0.717, 1.165) is 0 Å². The van der Waals surface area contributed by atoms with Gasteiger partial charge in [0, 0.05) is 26.2 Å². The highest BCUT2D eigenvalue weighted by atomic mass is 32.2. The molecule has 2 heterocycles. The van der Waals surface area contributed by atoms with Crippen LogP contribution in [0, 0.1) is 0 Å². The second-order valence-electron chi connectivity index (χ2n) is 6.52. The zero-order chi connectivity index (χ0) is 19.4. The van der Waals surface area contributed by atoms with Crippen molar-refractivity contribution in [1.29, 1.82) is 0 Å². The fourth-order valence-corrected chi connectivity index (χ4v) is 4.17. The minimum Gasteiger partial charge on any atom is -0.348 e. The van der Waals surface area contributed by atoms with Gasteiger partial charge in [-0.25, -0.2) is 18.4 Å². The lowest BCUT2D eigenvalue weighted by atomic mass is 10.2. The first-order valence-corrected chi connectivity index (χ1v) is 10.6. The maximum absolute atomic E-state index is 12.4. The van der Waals surface area contributed by atoms with Crippen LogP contribution in [-0.4, -0.2) is 74.7 Å². The summed E-state index contributed by atoms with van der Waals surface area (Å²) in [6.45, 7) is 3.52. The summed E-state index contributed by atoms with van der Waals surface area (Å²) in [5.74, 6) is -0.263. The van der Waals surface area contributed by atoms with E-state index >= 15 is 0 Å². The topological polar surface area (TPSA) is 111 Å². The molecule has 10 heteroatoms. The van der Waals surface area contributed by atoms with Gasteiger partial charge in [-0.2, -0.15) is 0 Å². The fraction of sp³-hybridized carbons (Fsp3) is 0.471. The molecule has 1 fully saturated rings. The van der Waals surface area contributed by atoms with Crippen LogP contribution in [0.2, 0.25) is 0 Å². The first-order chi connectivity index (χ1) is 12.9. The van der Waals surface area contributed by atoms with Crippen molar-refractivity contribution in [2.24, 2.45) is 4.99 Å². The molecule has 3 rings (SSSR count). The summed E-state index contributed by atoms with van der Waals surface area (Å²) in [6, 6.07) is 8.32. The molecule has 1 aromatic rings. The third kappa shape index (κ3) is 4.83. The smallest absolute Gasteiger partial charge is 0.288 e. The zero-order valence-corrected chi connectivity index (χ0v) is 15.9. The van der Waals surface area contributed by atoms with Gasteiger partial charge >= 0.3 is 0 Å². The Morgan fingerprint density at radius 3 is 2.59 bits per heavy atom. The highest BCUT2D eigenvalue weighted by Crippen LogP contribution is 2.15. The number of amidine groups is 1. The summed E-state index contributed by atoms with van der Waals surface area (Å²) in [5, 5.41) is 4.09. The maximum atomic E-state index is 12.4. The van der Waals surface area contributed by atoms with Crippen LogP contribution in [0.1, 0.15) is 6.92 Å². The first-order valence-electron chi connectivity index (χ1n) is 8.80. The van der Waals surface area contributed by atoms with Crippen molar-refractivity contribution in [2.45, 2.75) is 13.0 Å². The van der Waals surface area contributed by atoms with Gasteiger partial charge in [-0.15, -0.1) is 0 Å². The van der Waals surface area contributed by atoms with Crippen molar-refractivity contribution in [3.8, 4) is 0 Å². The predicted octanol–water partition coefficient (Wildman–Crippen LogP) is -0.829. The van der Waals surface area contributed by atoms with Gasteiger partial charge in [-0.1, -0.05) is 18.2 Å². The average molecular weight is 393 g/mol. The monoisotopic (exact) mass is 393 g/mol. The number of hydrogen-bond acceptors (Lipinski definition) is 7. The van der Waals surface area contributed by atoms with Gasteiger partial charge in [-0.3, -0.25) is 19.9 Å². The molecule has 2 aliphatic rings. The van der Waals surface area contributed by atoms with Gasteiger partial charge in [-0.05, 0) is 19.1 Å². The number of sulfone groups is 1. The number of nitrogens with zero attached hydrogens (tertiary/aromatic N) is 3. The number of hydrazine groups is 1. The SMILES string of the molecule is CC1N=C(C(=O)NCCN2CCS(=O)(=O)CC2)NN(c2ccccc2)C1=O. The Balaban J connectivity index is 1.55. The van der Waals surface area contributed by atoms with E-state index in [9.17, 15) is 18.0 Å². The second-order valence-corrected chi connectivity index (χ2v) is 8.83. The van der Waals surface area contributed by atoms with Crippen molar-refractivity contribution < 1.29 is 18.0 Å². The molecule has 9 nitrogen and oxygen atoms in total. The summed E-state index contributed by atoms with van der Waals surface area (Å²) in [4.78, 5) is 30.9. The molecule has 2 N–H and O–H groups in total. The molecule has 1 aromatic carbocycles. The zero-order valence-electron chi connectivity index (χ0n) is 15.1. The number of anilines is 1. The Labute approximate surface area is 158 Å². The molecular weight excluding hydrogens is 370 g/mol. The molecule has 0 aromatic heterocycles. The molecule has 1 unspecified atom stereocenters. The number of aliphatic imine (C=N–C) groups is 1. The van der Waals surface area contributed by atoms with E-state index in [1.807, 2.05) is 11.0 Å². The van der Waals surface area contributed by atoms with Gasteiger partial charge in [0.25, 0.3) is 11.8 Å². The highest BCUT2D eigenvalue weighted by Gasteiger charge is 2.30. The average Bonchev–Trinajstić information content (AvgIpc) is 2.65. The minimum absolute atomic E-state index is 0.0761. The van der Waals surface area contributed by atoms with Crippen LogP contribution in [0.3, 0.4) is 0 Å². The van der Waals surface area contributed by atoms with Crippen molar-refractivity contribution in [1.82, 2.24) is 15.6 Å². The van der Waals surface area contributed by atoms with Crippen LogP contribution in [0.5, 0.6) is 0 Å². The lowest BCUT2D eigenvalue weighted by Gasteiger charge is -2.30. The number of amides is 2. The normalized spacial score (nSPS) is 22.7. The van der Waals surface area contributed by atoms with Crippen molar-refractivity contribution >= 4 is 33.2 Å². The summed E-state index contributed by atoms with van der Waals surface area (Å²) in [7, 11) is -2.91.